The van der Waals surface area contributed by atoms with E-state index >= 15 is 0 Å². The van der Waals surface area contributed by atoms with Crippen molar-refractivity contribution in [3.63, 3.8) is 0 Å². The van der Waals surface area contributed by atoms with E-state index in [9.17, 15) is 22.8 Å². The number of nitrogens with one attached hydrogen (secondary N) is 1. The monoisotopic (exact) mass is 391 g/mol. The molecule has 0 spiro atoms. The van der Waals surface area contributed by atoms with Gasteiger partial charge in [0.15, 0.2) is 0 Å². The maximum atomic E-state index is 12.4. The van der Waals surface area contributed by atoms with Gasteiger partial charge in [-0.15, -0.1) is 0 Å². The Kier molecular flexibility index (Phi) is 5.16. The Hall–Kier alpha value is -2.52. The molecule has 27 heavy (non-hydrogen) atoms. The van der Waals surface area contributed by atoms with Gasteiger partial charge in [-0.1, -0.05) is 18.2 Å². The summed E-state index contributed by atoms with van der Waals surface area (Å²) in [7, 11) is -0.801. The molecule has 1 aromatic rings. The van der Waals surface area contributed by atoms with Crippen molar-refractivity contribution in [1.29, 1.82) is 0 Å². The Morgan fingerprint density at radius 1 is 1.15 bits per heavy atom. The highest BCUT2D eigenvalue weighted by Gasteiger charge is 2.47. The molecule has 0 saturated carbocycles. The van der Waals surface area contributed by atoms with Gasteiger partial charge in [0.25, 0.3) is 0 Å². The van der Waals surface area contributed by atoms with Gasteiger partial charge in [-0.05, 0) is 31.0 Å². The second-order valence-corrected chi connectivity index (χ2v) is 8.93. The van der Waals surface area contributed by atoms with Gasteiger partial charge in [0.2, 0.25) is 27.7 Å². The lowest BCUT2D eigenvalue weighted by molar-refractivity contribution is -0.142. The normalized spacial score (nSPS) is 22.3. The number of sulfonamides is 1. The average Bonchev–Trinajstić information content (AvgIpc) is 2.87. The van der Waals surface area contributed by atoms with Gasteiger partial charge >= 0.3 is 0 Å². The Balaban J connectivity index is 1.70. The molecule has 0 bridgehead atoms. The molecule has 1 aliphatic heterocycles. The van der Waals surface area contributed by atoms with E-state index < -0.39 is 15.9 Å². The van der Waals surface area contributed by atoms with E-state index in [1.807, 2.05) is 12.2 Å². The summed E-state index contributed by atoms with van der Waals surface area (Å²) in [5.74, 6) is -1.97. The molecule has 8 nitrogen and oxygen atoms in total. The Labute approximate surface area is 157 Å². The second-order valence-electron chi connectivity index (χ2n) is 6.78. The van der Waals surface area contributed by atoms with Gasteiger partial charge in [0, 0.05) is 19.8 Å². The third kappa shape index (κ3) is 3.65. The summed E-state index contributed by atoms with van der Waals surface area (Å²) in [5.41, 5.74) is 0.279. The fraction of sp³-hybridized carbons (Fsp3) is 0.389. The van der Waals surface area contributed by atoms with Crippen molar-refractivity contribution in [2.75, 3.05) is 26.0 Å². The van der Waals surface area contributed by atoms with Crippen LogP contribution in [0.1, 0.15) is 12.8 Å². The molecule has 1 aromatic carbocycles. The molecule has 2 aliphatic rings. The lowest BCUT2D eigenvalue weighted by Gasteiger charge is -2.15. The van der Waals surface area contributed by atoms with Crippen LogP contribution in [0.3, 0.4) is 0 Å². The number of carbonyl (C=O) groups is 3. The summed E-state index contributed by atoms with van der Waals surface area (Å²) in [5, 5.41) is 2.56. The highest BCUT2D eigenvalue weighted by molar-refractivity contribution is 7.89. The summed E-state index contributed by atoms with van der Waals surface area (Å²) < 4.78 is 25.5. The van der Waals surface area contributed by atoms with Crippen molar-refractivity contribution < 1.29 is 22.8 Å². The first-order valence-electron chi connectivity index (χ1n) is 8.54. The number of allylic oxidation sites excluding steroid dienone is 2. The molecule has 1 fully saturated rings. The zero-order chi connectivity index (χ0) is 19.8. The molecule has 0 aromatic heterocycles. The number of rotatable bonds is 5. The van der Waals surface area contributed by atoms with Gasteiger partial charge < -0.3 is 5.32 Å². The largest absolute Gasteiger partial charge is 0.324 e. The van der Waals surface area contributed by atoms with Crippen LogP contribution in [-0.2, 0) is 24.4 Å². The summed E-state index contributed by atoms with van der Waals surface area (Å²) in [4.78, 5) is 38.2. The lowest BCUT2D eigenvalue weighted by atomic mass is 9.85. The van der Waals surface area contributed by atoms with Crippen molar-refractivity contribution in [3.05, 3.63) is 36.4 Å². The van der Waals surface area contributed by atoms with Crippen LogP contribution >= 0.6 is 0 Å². The first-order valence-corrected chi connectivity index (χ1v) is 9.98. The van der Waals surface area contributed by atoms with E-state index in [0.717, 1.165) is 9.21 Å². The van der Waals surface area contributed by atoms with Crippen LogP contribution in [0.5, 0.6) is 0 Å². The number of benzene rings is 1. The number of nitrogens with zero attached hydrogens (tertiary/aromatic N) is 2. The van der Waals surface area contributed by atoms with Crippen LogP contribution in [0.25, 0.3) is 0 Å². The SMILES string of the molecule is CN(C)S(=O)(=O)c1cccc(NC(=O)CN2C(=O)[C@H]3CC=CC[C@H]3C2=O)c1. The molecule has 3 rings (SSSR count). The molecule has 0 radical (unpaired) electrons. The first-order chi connectivity index (χ1) is 12.7. The van der Waals surface area contributed by atoms with E-state index in [1.165, 1.54) is 32.3 Å². The minimum absolute atomic E-state index is 0.0377. The minimum Gasteiger partial charge on any atom is -0.324 e. The summed E-state index contributed by atoms with van der Waals surface area (Å²) in [6.45, 7) is -0.380. The molecular weight excluding hydrogens is 370 g/mol. The number of amides is 3. The number of likely N-dealkylation sites (tertiary alicyclic amines) is 1. The zero-order valence-corrected chi connectivity index (χ0v) is 15.9. The lowest BCUT2D eigenvalue weighted by Crippen LogP contribution is -2.38. The van der Waals surface area contributed by atoms with E-state index in [-0.39, 0.29) is 40.8 Å². The molecule has 1 aliphatic carbocycles. The maximum Gasteiger partial charge on any atom is 0.244 e. The van der Waals surface area contributed by atoms with E-state index in [4.69, 9.17) is 0 Å². The fourth-order valence-electron chi connectivity index (χ4n) is 3.31. The molecule has 1 saturated heterocycles. The number of anilines is 1. The molecule has 9 heteroatoms. The smallest absolute Gasteiger partial charge is 0.244 e. The summed E-state index contributed by atoms with van der Waals surface area (Å²) in [6, 6.07) is 5.82. The molecule has 0 unspecified atom stereocenters. The number of carbonyl (C=O) groups excluding carboxylic acids is 3. The van der Waals surface area contributed by atoms with Crippen molar-refractivity contribution in [3.8, 4) is 0 Å². The van der Waals surface area contributed by atoms with Crippen LogP contribution in [-0.4, -0.2) is 56.0 Å². The summed E-state index contributed by atoms with van der Waals surface area (Å²) >= 11 is 0. The van der Waals surface area contributed by atoms with Crippen molar-refractivity contribution in [2.45, 2.75) is 17.7 Å². The topological polar surface area (TPSA) is 104 Å². The minimum atomic E-state index is -3.63. The van der Waals surface area contributed by atoms with Crippen LogP contribution in [0.4, 0.5) is 5.69 Å². The highest BCUT2D eigenvalue weighted by Crippen LogP contribution is 2.34. The van der Waals surface area contributed by atoms with E-state index in [1.54, 1.807) is 6.07 Å². The Bertz CT molecular complexity index is 897. The number of imide groups is 1. The van der Waals surface area contributed by atoms with Crippen LogP contribution in [0, 0.1) is 11.8 Å². The molecule has 3 amide bonds. The predicted molar refractivity (Wildman–Crippen MR) is 98.0 cm³/mol. The standard InChI is InChI=1S/C18H21N3O5S/c1-20(2)27(25,26)13-7-5-6-12(10-13)19-16(22)11-21-17(23)14-8-3-4-9-15(14)18(21)24/h3-7,10,14-15H,8-9,11H2,1-2H3,(H,19,22)/t14-,15+. The Morgan fingerprint density at radius 2 is 1.74 bits per heavy atom. The second kappa shape index (κ2) is 7.24. The quantitative estimate of drug-likeness (QED) is 0.591. The van der Waals surface area contributed by atoms with Crippen molar-refractivity contribution in [2.24, 2.45) is 11.8 Å². The average molecular weight is 391 g/mol. The number of hydrogen-bond donors (Lipinski definition) is 1. The van der Waals surface area contributed by atoms with Crippen molar-refractivity contribution >= 4 is 33.4 Å². The first kappa shape index (κ1) is 19.2. The zero-order valence-electron chi connectivity index (χ0n) is 15.1. The molecular formula is C18H21N3O5S. The third-order valence-corrected chi connectivity index (χ3v) is 6.61. The van der Waals surface area contributed by atoms with Crippen LogP contribution in [0.2, 0.25) is 0 Å². The molecule has 1 N–H and O–H groups in total. The van der Waals surface area contributed by atoms with Gasteiger partial charge in [0.1, 0.15) is 6.54 Å². The predicted octanol–water partition coefficient (Wildman–Crippen LogP) is 0.827. The Morgan fingerprint density at radius 3 is 2.30 bits per heavy atom. The van der Waals surface area contributed by atoms with Crippen LogP contribution in [0.15, 0.2) is 41.3 Å². The number of hydrogen-bond acceptors (Lipinski definition) is 5. The van der Waals surface area contributed by atoms with Gasteiger partial charge in [-0.25, -0.2) is 12.7 Å². The van der Waals surface area contributed by atoms with E-state index in [0.29, 0.717) is 12.8 Å². The molecule has 2 atom stereocenters. The summed E-state index contributed by atoms with van der Waals surface area (Å²) in [6.07, 6.45) is 4.79. The third-order valence-electron chi connectivity index (χ3n) is 4.80. The molecule has 1 heterocycles. The highest BCUT2D eigenvalue weighted by atomic mass is 32.2. The number of fused-ring (bicyclic) bond motifs is 1. The van der Waals surface area contributed by atoms with Crippen molar-refractivity contribution in [1.82, 2.24) is 9.21 Å². The van der Waals surface area contributed by atoms with Gasteiger partial charge in [-0.2, -0.15) is 0 Å². The van der Waals surface area contributed by atoms with Crippen LogP contribution < -0.4 is 5.32 Å². The van der Waals surface area contributed by atoms with Gasteiger partial charge in [0.05, 0.1) is 16.7 Å². The van der Waals surface area contributed by atoms with Gasteiger partial charge in [-0.3, -0.25) is 19.3 Å². The molecule has 144 valence electrons. The fourth-order valence-corrected chi connectivity index (χ4v) is 4.26. The maximum absolute atomic E-state index is 12.4. The van der Waals surface area contributed by atoms with E-state index in [2.05, 4.69) is 5.32 Å².